The highest BCUT2D eigenvalue weighted by Gasteiger charge is 2.24. The second kappa shape index (κ2) is 5.83. The fourth-order valence-electron chi connectivity index (χ4n) is 2.36. The maximum atomic E-state index is 5.90. The Balaban J connectivity index is 1.84. The number of aliphatic imine (C=N–C) groups is 1. The predicted octanol–water partition coefficient (Wildman–Crippen LogP) is 4.46. The molecule has 0 bridgehead atoms. The molecule has 0 saturated heterocycles. The quantitative estimate of drug-likeness (QED) is 0.774. The monoisotopic (exact) mass is 278 g/mol. The molecule has 3 heteroatoms. The van der Waals surface area contributed by atoms with Crippen molar-refractivity contribution in [1.29, 1.82) is 0 Å². The van der Waals surface area contributed by atoms with Gasteiger partial charge in [-0.15, -0.1) is 0 Å². The first-order valence-corrected chi connectivity index (χ1v) is 7.13. The van der Waals surface area contributed by atoms with Crippen molar-refractivity contribution < 1.29 is 4.74 Å². The first kappa shape index (κ1) is 13.4. The lowest BCUT2D eigenvalue weighted by Gasteiger charge is -2.15. The number of anilines is 1. The summed E-state index contributed by atoms with van der Waals surface area (Å²) in [5.41, 5.74) is 3.29. The summed E-state index contributed by atoms with van der Waals surface area (Å²) in [6.45, 7) is 5.07. The van der Waals surface area contributed by atoms with Gasteiger partial charge in [-0.3, -0.25) is 4.99 Å². The van der Waals surface area contributed by atoms with E-state index in [0.717, 1.165) is 29.6 Å². The van der Waals surface area contributed by atoms with Crippen molar-refractivity contribution in [3.63, 3.8) is 0 Å². The molecule has 3 rings (SSSR count). The van der Waals surface area contributed by atoms with Crippen LogP contribution in [0.1, 0.15) is 12.5 Å². The van der Waals surface area contributed by atoms with Crippen molar-refractivity contribution >= 4 is 17.6 Å². The number of para-hydroxylation sites is 1. The molecule has 1 heterocycles. The summed E-state index contributed by atoms with van der Waals surface area (Å²) in [7, 11) is 0. The highest BCUT2D eigenvalue weighted by Crippen LogP contribution is 2.39. The van der Waals surface area contributed by atoms with Crippen LogP contribution in [0.3, 0.4) is 0 Å². The number of allylic oxidation sites excluding steroid dienone is 1. The fraction of sp³-hybridized carbons (Fsp3) is 0.167. The van der Waals surface area contributed by atoms with Crippen LogP contribution in [0.15, 0.2) is 65.5 Å². The maximum absolute atomic E-state index is 5.90. The molecule has 0 radical (unpaired) electrons. The third kappa shape index (κ3) is 2.82. The number of hydrogen-bond donors (Lipinski definition) is 0. The molecule has 2 aromatic rings. The summed E-state index contributed by atoms with van der Waals surface area (Å²) in [5.74, 6) is 1.72. The van der Waals surface area contributed by atoms with Gasteiger partial charge in [0.05, 0.1) is 11.4 Å². The van der Waals surface area contributed by atoms with E-state index in [0.29, 0.717) is 0 Å². The molecule has 0 N–H and O–H groups in total. The standard InChI is InChI=1S/C18H18N2O/c1-3-20-16-13-14(2)9-10-17(16)21-18(20)11-12-19-15-7-5-4-6-8-15/h4-13H,3H2,1-2H3/b18-11+,19-12?. The summed E-state index contributed by atoms with van der Waals surface area (Å²) >= 11 is 0. The molecule has 1 aliphatic rings. The second-order valence-electron chi connectivity index (χ2n) is 4.94. The van der Waals surface area contributed by atoms with Gasteiger partial charge < -0.3 is 9.64 Å². The van der Waals surface area contributed by atoms with E-state index in [1.54, 1.807) is 6.21 Å². The third-order valence-corrected chi connectivity index (χ3v) is 3.40. The Labute approximate surface area is 125 Å². The number of fused-ring (bicyclic) bond motifs is 1. The van der Waals surface area contributed by atoms with Crippen LogP contribution >= 0.6 is 0 Å². The second-order valence-corrected chi connectivity index (χ2v) is 4.94. The van der Waals surface area contributed by atoms with Crippen LogP contribution in [0.4, 0.5) is 11.4 Å². The molecule has 1 aliphatic heterocycles. The normalized spacial score (nSPS) is 15.5. The van der Waals surface area contributed by atoms with E-state index < -0.39 is 0 Å². The Morgan fingerprint density at radius 2 is 1.95 bits per heavy atom. The van der Waals surface area contributed by atoms with Gasteiger partial charge in [-0.05, 0) is 43.7 Å². The van der Waals surface area contributed by atoms with Crippen molar-refractivity contribution in [2.24, 2.45) is 4.99 Å². The van der Waals surface area contributed by atoms with Crippen LogP contribution in [-0.2, 0) is 0 Å². The lowest BCUT2D eigenvalue weighted by Crippen LogP contribution is -2.19. The molecular weight excluding hydrogens is 260 g/mol. The van der Waals surface area contributed by atoms with Gasteiger partial charge in [0.25, 0.3) is 0 Å². The number of benzene rings is 2. The average Bonchev–Trinajstić information content (AvgIpc) is 2.85. The van der Waals surface area contributed by atoms with Crippen LogP contribution < -0.4 is 9.64 Å². The minimum Gasteiger partial charge on any atom is -0.439 e. The number of nitrogens with zero attached hydrogens (tertiary/aromatic N) is 2. The Bertz CT molecular complexity index is 690. The fourth-order valence-corrected chi connectivity index (χ4v) is 2.36. The molecule has 0 atom stereocenters. The van der Waals surface area contributed by atoms with Crippen LogP contribution in [0.5, 0.6) is 5.75 Å². The van der Waals surface area contributed by atoms with Gasteiger partial charge in [0.15, 0.2) is 5.75 Å². The SMILES string of the molecule is CCN1/C(=C\C=Nc2ccccc2)Oc2ccc(C)cc21. The highest BCUT2D eigenvalue weighted by atomic mass is 16.5. The number of rotatable bonds is 3. The summed E-state index contributed by atoms with van der Waals surface area (Å²) in [6.07, 6.45) is 3.69. The zero-order chi connectivity index (χ0) is 14.7. The van der Waals surface area contributed by atoms with Gasteiger partial charge >= 0.3 is 0 Å². The Kier molecular flexibility index (Phi) is 3.73. The zero-order valence-corrected chi connectivity index (χ0v) is 12.3. The van der Waals surface area contributed by atoms with Crippen LogP contribution in [-0.4, -0.2) is 12.8 Å². The van der Waals surface area contributed by atoms with E-state index in [2.05, 4.69) is 35.9 Å². The van der Waals surface area contributed by atoms with Crippen molar-refractivity contribution in [3.8, 4) is 5.75 Å². The molecule has 2 aromatic carbocycles. The number of ether oxygens (including phenoxy) is 1. The number of aryl methyl sites for hydroxylation is 1. The first-order valence-electron chi connectivity index (χ1n) is 7.13. The Morgan fingerprint density at radius 1 is 1.14 bits per heavy atom. The van der Waals surface area contributed by atoms with Gasteiger partial charge in [0.2, 0.25) is 5.88 Å². The van der Waals surface area contributed by atoms with Crippen LogP contribution in [0.25, 0.3) is 0 Å². The highest BCUT2D eigenvalue weighted by molar-refractivity contribution is 5.78. The van der Waals surface area contributed by atoms with Crippen LogP contribution in [0.2, 0.25) is 0 Å². The smallest absolute Gasteiger partial charge is 0.202 e. The summed E-state index contributed by atoms with van der Waals surface area (Å²) in [6, 6.07) is 16.1. The molecule has 21 heavy (non-hydrogen) atoms. The Hall–Kier alpha value is -2.55. The minimum atomic E-state index is 0.817. The molecule has 0 unspecified atom stereocenters. The molecule has 0 amide bonds. The van der Waals surface area contributed by atoms with Gasteiger partial charge in [-0.25, -0.2) is 0 Å². The summed E-state index contributed by atoms with van der Waals surface area (Å²) in [5, 5.41) is 0. The van der Waals surface area contributed by atoms with Crippen LogP contribution in [0, 0.1) is 6.92 Å². The maximum Gasteiger partial charge on any atom is 0.202 e. The van der Waals surface area contributed by atoms with Gasteiger partial charge in [0, 0.05) is 18.8 Å². The summed E-state index contributed by atoms with van der Waals surface area (Å²) < 4.78 is 5.90. The molecular formula is C18H18N2O. The van der Waals surface area contributed by atoms with E-state index in [1.165, 1.54) is 5.56 Å². The molecule has 0 fully saturated rings. The zero-order valence-electron chi connectivity index (χ0n) is 12.3. The van der Waals surface area contributed by atoms with E-state index in [4.69, 9.17) is 4.74 Å². The molecule has 106 valence electrons. The molecule has 0 saturated carbocycles. The summed E-state index contributed by atoms with van der Waals surface area (Å²) in [4.78, 5) is 6.56. The Morgan fingerprint density at radius 3 is 2.71 bits per heavy atom. The minimum absolute atomic E-state index is 0.817. The van der Waals surface area contributed by atoms with Gasteiger partial charge in [-0.1, -0.05) is 24.3 Å². The molecule has 3 nitrogen and oxygen atoms in total. The van der Waals surface area contributed by atoms with E-state index >= 15 is 0 Å². The van der Waals surface area contributed by atoms with Crippen molar-refractivity contribution in [2.45, 2.75) is 13.8 Å². The molecule has 0 aromatic heterocycles. The van der Waals surface area contributed by atoms with Crippen molar-refractivity contribution in [2.75, 3.05) is 11.4 Å². The van der Waals surface area contributed by atoms with Gasteiger partial charge in [-0.2, -0.15) is 0 Å². The van der Waals surface area contributed by atoms with Crippen molar-refractivity contribution in [1.82, 2.24) is 0 Å². The van der Waals surface area contributed by atoms with E-state index in [1.807, 2.05) is 42.5 Å². The third-order valence-electron chi connectivity index (χ3n) is 3.40. The van der Waals surface area contributed by atoms with Crippen molar-refractivity contribution in [3.05, 3.63) is 66.1 Å². The lowest BCUT2D eigenvalue weighted by molar-refractivity contribution is 0.441. The largest absolute Gasteiger partial charge is 0.439 e. The lowest BCUT2D eigenvalue weighted by atomic mass is 10.2. The number of hydrogen-bond acceptors (Lipinski definition) is 3. The predicted molar refractivity (Wildman–Crippen MR) is 87.5 cm³/mol. The molecule has 0 spiro atoms. The van der Waals surface area contributed by atoms with E-state index in [9.17, 15) is 0 Å². The van der Waals surface area contributed by atoms with E-state index in [-0.39, 0.29) is 0 Å². The first-order chi connectivity index (χ1) is 10.3. The topological polar surface area (TPSA) is 24.8 Å². The average molecular weight is 278 g/mol. The van der Waals surface area contributed by atoms with Gasteiger partial charge in [0.1, 0.15) is 0 Å². The molecule has 0 aliphatic carbocycles.